The number of fused-ring (bicyclic) bond motifs is 1. The average molecular weight is 355 g/mol. The highest BCUT2D eigenvalue weighted by atomic mass is 16.5. The topological polar surface area (TPSA) is 76.7 Å². The monoisotopic (exact) mass is 355 g/mol. The van der Waals surface area contributed by atoms with E-state index in [2.05, 4.69) is 5.32 Å². The standard InChI is InChI=1S/C19H21N3O4/c1-4-25-19(24)16-11-17-15(9-10-26-17)22(16)12-18(23)20-13-5-7-14(8-6-13)21(2)3/h5-11H,4,12H2,1-3H3,(H,20,23). The van der Waals surface area contributed by atoms with Crippen LogP contribution in [0.4, 0.5) is 11.4 Å². The van der Waals surface area contributed by atoms with E-state index in [0.717, 1.165) is 5.69 Å². The van der Waals surface area contributed by atoms with Crippen LogP contribution in [0.3, 0.4) is 0 Å². The van der Waals surface area contributed by atoms with Crippen molar-refractivity contribution in [1.29, 1.82) is 0 Å². The third-order valence-corrected chi connectivity index (χ3v) is 3.98. The molecule has 0 radical (unpaired) electrons. The van der Waals surface area contributed by atoms with Gasteiger partial charge in [0.25, 0.3) is 0 Å². The quantitative estimate of drug-likeness (QED) is 0.688. The number of ether oxygens (including phenoxy) is 1. The maximum Gasteiger partial charge on any atom is 0.355 e. The minimum atomic E-state index is -0.484. The molecule has 2 heterocycles. The van der Waals surface area contributed by atoms with E-state index in [1.807, 2.05) is 43.3 Å². The molecule has 1 N–H and O–H groups in total. The third-order valence-electron chi connectivity index (χ3n) is 3.98. The number of hydrogen-bond acceptors (Lipinski definition) is 5. The van der Waals surface area contributed by atoms with Crippen molar-refractivity contribution in [3.63, 3.8) is 0 Å². The fourth-order valence-electron chi connectivity index (χ4n) is 2.71. The number of nitrogens with one attached hydrogen (secondary N) is 1. The second-order valence-corrected chi connectivity index (χ2v) is 6.00. The smallest absolute Gasteiger partial charge is 0.355 e. The Labute approximate surface area is 151 Å². The van der Waals surface area contributed by atoms with Crippen molar-refractivity contribution < 1.29 is 18.7 Å². The highest BCUT2D eigenvalue weighted by molar-refractivity contribution is 5.97. The van der Waals surface area contributed by atoms with Crippen LogP contribution in [0, 0.1) is 0 Å². The van der Waals surface area contributed by atoms with Crippen LogP contribution in [0.15, 0.2) is 47.1 Å². The second kappa shape index (κ2) is 7.35. The Bertz CT molecular complexity index is 922. The van der Waals surface area contributed by atoms with Gasteiger partial charge in [0.15, 0.2) is 5.58 Å². The minimum Gasteiger partial charge on any atom is -0.463 e. The lowest BCUT2D eigenvalue weighted by atomic mass is 10.2. The number of carbonyl (C=O) groups is 2. The number of amides is 1. The summed E-state index contributed by atoms with van der Waals surface area (Å²) in [6.07, 6.45) is 1.52. The Balaban J connectivity index is 1.79. The first-order valence-electron chi connectivity index (χ1n) is 8.30. The van der Waals surface area contributed by atoms with Gasteiger partial charge in [-0.2, -0.15) is 0 Å². The third kappa shape index (κ3) is 3.56. The van der Waals surface area contributed by atoms with Crippen molar-refractivity contribution in [3.05, 3.63) is 48.4 Å². The molecule has 0 saturated heterocycles. The normalized spacial score (nSPS) is 10.7. The molecule has 0 atom stereocenters. The lowest BCUT2D eigenvalue weighted by molar-refractivity contribution is -0.116. The van der Waals surface area contributed by atoms with Gasteiger partial charge in [-0.3, -0.25) is 4.79 Å². The molecule has 0 aliphatic carbocycles. The molecule has 0 bridgehead atoms. The summed E-state index contributed by atoms with van der Waals surface area (Å²) in [6.45, 7) is 1.97. The van der Waals surface area contributed by atoms with Gasteiger partial charge in [-0.15, -0.1) is 0 Å². The van der Waals surface area contributed by atoms with E-state index in [4.69, 9.17) is 9.15 Å². The summed E-state index contributed by atoms with van der Waals surface area (Å²) in [4.78, 5) is 26.6. The molecule has 3 rings (SSSR count). The maximum atomic E-state index is 12.5. The molecule has 26 heavy (non-hydrogen) atoms. The zero-order valence-electron chi connectivity index (χ0n) is 15.0. The van der Waals surface area contributed by atoms with Gasteiger partial charge in [0.05, 0.1) is 18.4 Å². The minimum absolute atomic E-state index is 0.0212. The number of esters is 1. The number of aromatic nitrogens is 1. The summed E-state index contributed by atoms with van der Waals surface area (Å²) in [7, 11) is 3.90. The molecular weight excluding hydrogens is 334 g/mol. The molecule has 0 fully saturated rings. The van der Waals surface area contributed by atoms with Crippen LogP contribution in [-0.2, 0) is 16.1 Å². The van der Waals surface area contributed by atoms with Gasteiger partial charge in [-0.1, -0.05) is 0 Å². The van der Waals surface area contributed by atoms with Crippen LogP contribution < -0.4 is 10.2 Å². The van der Waals surface area contributed by atoms with Crippen LogP contribution in [-0.4, -0.2) is 37.1 Å². The van der Waals surface area contributed by atoms with Gasteiger partial charge >= 0.3 is 5.97 Å². The first-order chi connectivity index (χ1) is 12.5. The van der Waals surface area contributed by atoms with Crippen LogP contribution >= 0.6 is 0 Å². The molecular formula is C19H21N3O4. The first kappa shape index (κ1) is 17.6. The summed E-state index contributed by atoms with van der Waals surface area (Å²) in [5.74, 6) is -0.728. The van der Waals surface area contributed by atoms with Crippen molar-refractivity contribution in [2.75, 3.05) is 30.9 Å². The Morgan fingerprint density at radius 2 is 1.92 bits per heavy atom. The van der Waals surface area contributed by atoms with Gasteiger partial charge < -0.3 is 23.9 Å². The molecule has 136 valence electrons. The summed E-state index contributed by atoms with van der Waals surface area (Å²) in [5, 5.41) is 2.84. The lowest BCUT2D eigenvalue weighted by Crippen LogP contribution is -2.22. The average Bonchev–Trinajstić information content (AvgIpc) is 3.18. The molecule has 0 aliphatic rings. The molecule has 7 nitrogen and oxygen atoms in total. The number of furan rings is 1. The summed E-state index contributed by atoms with van der Waals surface area (Å²) in [5.41, 5.74) is 3.23. The molecule has 0 spiro atoms. The number of anilines is 2. The summed E-state index contributed by atoms with van der Waals surface area (Å²) >= 11 is 0. The van der Waals surface area contributed by atoms with Gasteiger partial charge in [-0.25, -0.2) is 4.79 Å². The second-order valence-electron chi connectivity index (χ2n) is 6.00. The summed E-state index contributed by atoms with van der Waals surface area (Å²) < 4.78 is 12.0. The number of hydrogen-bond donors (Lipinski definition) is 1. The number of rotatable bonds is 6. The van der Waals surface area contributed by atoms with Gasteiger partial charge in [0.2, 0.25) is 5.91 Å². The number of carbonyl (C=O) groups excluding carboxylic acids is 2. The first-order valence-corrected chi connectivity index (χ1v) is 8.30. The van der Waals surface area contributed by atoms with Gasteiger partial charge in [0, 0.05) is 37.6 Å². The van der Waals surface area contributed by atoms with Gasteiger partial charge in [-0.05, 0) is 31.2 Å². The van der Waals surface area contributed by atoms with Crippen LogP contribution in [0.1, 0.15) is 17.4 Å². The highest BCUT2D eigenvalue weighted by Crippen LogP contribution is 2.22. The van der Waals surface area contributed by atoms with Crippen LogP contribution in [0.2, 0.25) is 0 Å². The Morgan fingerprint density at radius 1 is 1.19 bits per heavy atom. The molecule has 2 aromatic heterocycles. The molecule has 7 heteroatoms. The SMILES string of the molecule is CCOC(=O)c1cc2occc2n1CC(=O)Nc1ccc(N(C)C)cc1. The predicted molar refractivity (Wildman–Crippen MR) is 99.6 cm³/mol. The molecule has 1 amide bonds. The van der Waals surface area contributed by atoms with E-state index in [1.54, 1.807) is 23.6 Å². The van der Waals surface area contributed by atoms with E-state index in [9.17, 15) is 9.59 Å². The zero-order valence-corrected chi connectivity index (χ0v) is 15.0. The fraction of sp³-hybridized carbons (Fsp3) is 0.263. The number of benzene rings is 1. The largest absolute Gasteiger partial charge is 0.463 e. The van der Waals surface area contributed by atoms with Crippen LogP contribution in [0.25, 0.3) is 11.1 Å². The van der Waals surface area contributed by atoms with Crippen molar-refractivity contribution in [2.45, 2.75) is 13.5 Å². The van der Waals surface area contributed by atoms with Crippen molar-refractivity contribution in [1.82, 2.24) is 4.57 Å². The van der Waals surface area contributed by atoms with E-state index in [0.29, 0.717) is 22.5 Å². The lowest BCUT2D eigenvalue weighted by Gasteiger charge is -2.13. The molecule has 0 unspecified atom stereocenters. The van der Waals surface area contributed by atoms with E-state index in [-0.39, 0.29) is 19.1 Å². The van der Waals surface area contributed by atoms with E-state index >= 15 is 0 Å². The van der Waals surface area contributed by atoms with E-state index in [1.165, 1.54) is 6.26 Å². The fourth-order valence-corrected chi connectivity index (χ4v) is 2.71. The van der Waals surface area contributed by atoms with Crippen molar-refractivity contribution >= 4 is 34.4 Å². The Kier molecular flexibility index (Phi) is 4.97. The molecule has 0 aliphatic heterocycles. The number of nitrogens with zero attached hydrogens (tertiary/aromatic N) is 2. The summed E-state index contributed by atoms with van der Waals surface area (Å²) in [6, 6.07) is 10.8. The van der Waals surface area contributed by atoms with Crippen molar-refractivity contribution in [2.24, 2.45) is 0 Å². The highest BCUT2D eigenvalue weighted by Gasteiger charge is 2.20. The Hall–Kier alpha value is -3.22. The van der Waals surface area contributed by atoms with Crippen LogP contribution in [0.5, 0.6) is 0 Å². The predicted octanol–water partition coefficient (Wildman–Crippen LogP) is 3.12. The zero-order chi connectivity index (χ0) is 18.7. The molecule has 1 aromatic carbocycles. The Morgan fingerprint density at radius 3 is 2.58 bits per heavy atom. The maximum absolute atomic E-state index is 12.5. The van der Waals surface area contributed by atoms with E-state index < -0.39 is 5.97 Å². The molecule has 3 aromatic rings. The van der Waals surface area contributed by atoms with Crippen molar-refractivity contribution in [3.8, 4) is 0 Å². The van der Waals surface area contributed by atoms with Gasteiger partial charge in [0.1, 0.15) is 12.2 Å². The molecule has 0 saturated carbocycles.